The summed E-state index contributed by atoms with van der Waals surface area (Å²) in [6.45, 7) is 0. The topological polar surface area (TPSA) is 33.1 Å². The molecule has 2 nitrogen and oxygen atoms in total. The molecule has 1 N–H and O–H groups in total. The zero-order chi connectivity index (χ0) is 14.8. The lowest BCUT2D eigenvalue weighted by molar-refractivity contribution is 0.150. The quantitative estimate of drug-likeness (QED) is 0.780. The van der Waals surface area contributed by atoms with E-state index in [4.69, 9.17) is 0 Å². The smallest absolute Gasteiger partial charge is 0.263 e. The van der Waals surface area contributed by atoms with Crippen LogP contribution < -0.4 is 0 Å². The van der Waals surface area contributed by atoms with Crippen LogP contribution in [0.4, 0.5) is 8.78 Å². The molecule has 0 amide bonds. The van der Waals surface area contributed by atoms with E-state index in [-0.39, 0.29) is 5.56 Å². The monoisotopic (exact) mass is 285 g/mol. The molecule has 2 aromatic carbocycles. The summed E-state index contributed by atoms with van der Waals surface area (Å²) in [4.78, 5) is 4.04. The van der Waals surface area contributed by atoms with Crippen molar-refractivity contribution in [1.29, 1.82) is 0 Å². The lowest BCUT2D eigenvalue weighted by Crippen LogP contribution is -2.01. The Balaban J connectivity index is 2.08. The molecule has 1 heterocycles. The molecule has 0 saturated heterocycles. The van der Waals surface area contributed by atoms with Crippen molar-refractivity contribution in [2.45, 2.75) is 12.5 Å². The van der Waals surface area contributed by atoms with Crippen LogP contribution in [0.1, 0.15) is 29.2 Å². The first-order valence-corrected chi connectivity index (χ1v) is 6.55. The molecular formula is C17H13F2NO. The Morgan fingerprint density at radius 3 is 2.52 bits per heavy atom. The molecule has 0 spiro atoms. The van der Waals surface area contributed by atoms with Gasteiger partial charge in [-0.3, -0.25) is 4.98 Å². The molecule has 1 aromatic heterocycles. The maximum atomic E-state index is 12.8. The van der Waals surface area contributed by atoms with E-state index in [0.717, 1.165) is 10.8 Å². The van der Waals surface area contributed by atoms with E-state index in [2.05, 4.69) is 4.98 Å². The Hall–Kier alpha value is -2.33. The van der Waals surface area contributed by atoms with Crippen LogP contribution in [-0.4, -0.2) is 10.1 Å². The highest BCUT2D eigenvalue weighted by Gasteiger charge is 2.15. The first-order chi connectivity index (χ1) is 10.2. The maximum absolute atomic E-state index is 12.8. The second kappa shape index (κ2) is 5.58. The Morgan fingerprint density at radius 2 is 1.71 bits per heavy atom. The van der Waals surface area contributed by atoms with E-state index in [1.54, 1.807) is 24.5 Å². The van der Waals surface area contributed by atoms with Gasteiger partial charge in [0.1, 0.15) is 6.10 Å². The van der Waals surface area contributed by atoms with E-state index in [1.807, 2.05) is 18.2 Å². The van der Waals surface area contributed by atoms with Crippen LogP contribution in [0.3, 0.4) is 0 Å². The van der Waals surface area contributed by atoms with Gasteiger partial charge in [-0.15, -0.1) is 0 Å². The minimum absolute atomic E-state index is 0.0894. The number of fused-ring (bicyclic) bond motifs is 1. The fraction of sp³-hybridized carbons (Fsp3) is 0.118. The van der Waals surface area contributed by atoms with Crippen LogP contribution in [0.2, 0.25) is 0 Å². The number of alkyl halides is 2. The van der Waals surface area contributed by atoms with E-state index < -0.39 is 12.5 Å². The van der Waals surface area contributed by atoms with Crippen molar-refractivity contribution in [1.82, 2.24) is 4.98 Å². The molecule has 0 saturated carbocycles. The molecule has 106 valence electrons. The Morgan fingerprint density at radius 1 is 0.952 bits per heavy atom. The van der Waals surface area contributed by atoms with E-state index in [9.17, 15) is 13.9 Å². The van der Waals surface area contributed by atoms with Crippen LogP contribution in [-0.2, 0) is 0 Å². The predicted octanol–water partition coefficient (Wildman–Crippen LogP) is 4.25. The molecule has 3 rings (SSSR count). The first-order valence-electron chi connectivity index (χ1n) is 6.55. The van der Waals surface area contributed by atoms with E-state index in [0.29, 0.717) is 11.1 Å². The van der Waals surface area contributed by atoms with Gasteiger partial charge in [-0.2, -0.15) is 0 Å². The Labute approximate surface area is 120 Å². The van der Waals surface area contributed by atoms with Crippen LogP contribution in [0.5, 0.6) is 0 Å². The van der Waals surface area contributed by atoms with Gasteiger partial charge in [0.05, 0.1) is 0 Å². The zero-order valence-corrected chi connectivity index (χ0v) is 11.1. The van der Waals surface area contributed by atoms with Crippen LogP contribution in [0, 0.1) is 0 Å². The standard InChI is InChI=1S/C17H13F2NO/c18-17(19)12-4-1-3-11(9-12)16(21)15-6-2-5-13-10-20-8-7-14(13)15/h1-10,16-17,21H. The van der Waals surface area contributed by atoms with Crippen LogP contribution in [0.25, 0.3) is 10.8 Å². The number of hydrogen-bond donors (Lipinski definition) is 1. The molecule has 0 aliphatic carbocycles. The Kier molecular flexibility index (Phi) is 3.62. The van der Waals surface area contributed by atoms with Crippen molar-refractivity contribution in [2.75, 3.05) is 0 Å². The molecule has 4 heteroatoms. The summed E-state index contributed by atoms with van der Waals surface area (Å²) >= 11 is 0. The summed E-state index contributed by atoms with van der Waals surface area (Å²) in [5, 5.41) is 12.3. The third-order valence-corrected chi connectivity index (χ3v) is 3.49. The van der Waals surface area contributed by atoms with Crippen molar-refractivity contribution in [3.05, 3.63) is 77.6 Å². The Bertz CT molecular complexity index is 768. The molecule has 0 aliphatic heterocycles. The highest BCUT2D eigenvalue weighted by atomic mass is 19.3. The number of aromatic nitrogens is 1. The van der Waals surface area contributed by atoms with Gasteiger partial charge >= 0.3 is 0 Å². The van der Waals surface area contributed by atoms with Crippen molar-refractivity contribution >= 4 is 10.8 Å². The summed E-state index contributed by atoms with van der Waals surface area (Å²) in [5.74, 6) is 0. The first kappa shape index (κ1) is 13.6. The fourth-order valence-corrected chi connectivity index (χ4v) is 2.43. The molecule has 0 radical (unpaired) electrons. The third kappa shape index (κ3) is 2.62. The van der Waals surface area contributed by atoms with Crippen LogP contribution >= 0.6 is 0 Å². The van der Waals surface area contributed by atoms with Gasteiger partial charge in [-0.25, -0.2) is 8.78 Å². The number of nitrogens with zero attached hydrogens (tertiary/aromatic N) is 1. The molecule has 1 atom stereocenters. The molecule has 21 heavy (non-hydrogen) atoms. The maximum Gasteiger partial charge on any atom is 0.263 e. The zero-order valence-electron chi connectivity index (χ0n) is 11.1. The molecule has 3 aromatic rings. The van der Waals surface area contributed by atoms with Crippen molar-refractivity contribution < 1.29 is 13.9 Å². The van der Waals surface area contributed by atoms with Crippen molar-refractivity contribution in [3.8, 4) is 0 Å². The summed E-state index contributed by atoms with van der Waals surface area (Å²) in [5.41, 5.74) is 1.05. The van der Waals surface area contributed by atoms with Gasteiger partial charge in [-0.1, -0.05) is 36.4 Å². The number of aliphatic hydroxyl groups is 1. The number of pyridine rings is 1. The van der Waals surface area contributed by atoms with E-state index >= 15 is 0 Å². The van der Waals surface area contributed by atoms with Crippen molar-refractivity contribution in [2.24, 2.45) is 0 Å². The van der Waals surface area contributed by atoms with Gasteiger partial charge in [0.25, 0.3) is 6.43 Å². The average molecular weight is 285 g/mol. The van der Waals surface area contributed by atoms with Gasteiger partial charge in [-0.05, 0) is 28.6 Å². The van der Waals surface area contributed by atoms with E-state index in [1.165, 1.54) is 18.2 Å². The molecule has 0 bridgehead atoms. The van der Waals surface area contributed by atoms with Crippen LogP contribution in [0.15, 0.2) is 60.9 Å². The average Bonchev–Trinajstić information content (AvgIpc) is 2.53. The molecule has 1 unspecified atom stereocenters. The summed E-state index contributed by atoms with van der Waals surface area (Å²) < 4.78 is 25.6. The molecule has 0 aliphatic rings. The number of hydrogen-bond acceptors (Lipinski definition) is 2. The minimum atomic E-state index is -2.55. The largest absolute Gasteiger partial charge is 0.384 e. The number of aliphatic hydroxyl groups excluding tert-OH is 1. The normalized spacial score (nSPS) is 12.8. The SMILES string of the molecule is OC(c1cccc(C(F)F)c1)c1cccc2cnccc12. The third-order valence-electron chi connectivity index (χ3n) is 3.49. The number of benzene rings is 2. The second-order valence-corrected chi connectivity index (χ2v) is 4.82. The molecular weight excluding hydrogens is 272 g/mol. The summed E-state index contributed by atoms with van der Waals surface area (Å²) in [6.07, 6.45) is -0.140. The van der Waals surface area contributed by atoms with Gasteiger partial charge in [0.2, 0.25) is 0 Å². The fourth-order valence-electron chi connectivity index (χ4n) is 2.43. The molecule has 0 fully saturated rings. The second-order valence-electron chi connectivity index (χ2n) is 4.82. The highest BCUT2D eigenvalue weighted by Crippen LogP contribution is 2.30. The summed E-state index contributed by atoms with van der Waals surface area (Å²) in [7, 11) is 0. The lowest BCUT2D eigenvalue weighted by Gasteiger charge is -2.15. The highest BCUT2D eigenvalue weighted by molar-refractivity contribution is 5.85. The lowest BCUT2D eigenvalue weighted by atomic mass is 9.96. The van der Waals surface area contributed by atoms with Gasteiger partial charge < -0.3 is 5.11 Å². The number of halogens is 2. The predicted molar refractivity (Wildman–Crippen MR) is 77.2 cm³/mol. The van der Waals surface area contributed by atoms with Gasteiger partial charge in [0, 0.05) is 23.3 Å². The summed E-state index contributed by atoms with van der Waals surface area (Å²) in [6, 6.07) is 13.2. The number of rotatable bonds is 3. The van der Waals surface area contributed by atoms with Gasteiger partial charge in [0.15, 0.2) is 0 Å². The minimum Gasteiger partial charge on any atom is -0.384 e. The van der Waals surface area contributed by atoms with Crippen molar-refractivity contribution in [3.63, 3.8) is 0 Å².